The zero-order chi connectivity index (χ0) is 33.9. The molecule has 242 valence electrons. The Morgan fingerprint density at radius 3 is 2.17 bits per heavy atom. The van der Waals surface area contributed by atoms with E-state index in [0.29, 0.717) is 5.92 Å². The summed E-state index contributed by atoms with van der Waals surface area (Å²) in [6, 6.07) is 30.3. The van der Waals surface area contributed by atoms with Gasteiger partial charge in [0.1, 0.15) is 0 Å². The second-order valence-corrected chi connectivity index (χ2v) is 13.3. The molecule has 0 aliphatic heterocycles. The Hall–Kier alpha value is -4.71. The number of pyridine rings is 1. The average molecular weight is 666 g/mol. The summed E-state index contributed by atoms with van der Waals surface area (Å²) in [6.45, 7) is 10.8. The molecule has 4 N–H and O–H groups in total. The number of hydrogen-bond acceptors (Lipinski definition) is 5. The van der Waals surface area contributed by atoms with Crippen LogP contribution in [-0.2, 0) is 5.75 Å². The van der Waals surface area contributed by atoms with Gasteiger partial charge in [0.2, 0.25) is 0 Å². The second kappa shape index (κ2) is 16.9. The van der Waals surface area contributed by atoms with E-state index >= 15 is 0 Å². The maximum absolute atomic E-state index is 6.43. The van der Waals surface area contributed by atoms with Gasteiger partial charge >= 0.3 is 0 Å². The van der Waals surface area contributed by atoms with Gasteiger partial charge in [-0.05, 0) is 103 Å². The second-order valence-electron chi connectivity index (χ2n) is 11.5. The van der Waals surface area contributed by atoms with Crippen molar-refractivity contribution < 1.29 is 0 Å². The minimum Gasteiger partial charge on any atom is -0.404 e. The number of thioether (sulfide) groups is 2. The van der Waals surface area contributed by atoms with Crippen molar-refractivity contribution in [3.8, 4) is 33.4 Å². The Labute approximate surface area is 294 Å². The third kappa shape index (κ3) is 7.70. The molecule has 0 saturated heterocycles. The number of nitrogens with two attached hydrogens (primary N) is 2. The van der Waals surface area contributed by atoms with Gasteiger partial charge in [-0.3, -0.25) is 4.98 Å². The molecule has 4 aromatic carbocycles. The van der Waals surface area contributed by atoms with Gasteiger partial charge in [-0.1, -0.05) is 111 Å². The summed E-state index contributed by atoms with van der Waals surface area (Å²) >= 11 is 3.48. The lowest BCUT2D eigenvalue weighted by Crippen LogP contribution is -2.02. The quantitative estimate of drug-likeness (QED) is 0.116. The van der Waals surface area contributed by atoms with Gasteiger partial charge in [-0.15, -0.1) is 11.8 Å². The summed E-state index contributed by atoms with van der Waals surface area (Å²) in [7, 11) is 0. The van der Waals surface area contributed by atoms with Gasteiger partial charge in [0.05, 0.1) is 5.69 Å². The summed E-state index contributed by atoms with van der Waals surface area (Å²) in [5.41, 5.74) is 23.8. The van der Waals surface area contributed by atoms with Crippen LogP contribution in [0.3, 0.4) is 0 Å². The number of hydrogen-bond donors (Lipinski definition) is 2. The first-order chi connectivity index (χ1) is 23.6. The topological polar surface area (TPSA) is 64.9 Å². The number of fused-ring (bicyclic) bond motifs is 1. The molecular formula is C43H43N3S2. The molecule has 1 unspecified atom stereocenters. The molecule has 5 aromatic rings. The van der Waals surface area contributed by atoms with E-state index in [-0.39, 0.29) is 0 Å². The van der Waals surface area contributed by atoms with Crippen LogP contribution in [0, 0.1) is 5.92 Å². The Bertz CT molecular complexity index is 1970. The minimum absolute atomic E-state index is 0.368. The average Bonchev–Trinajstić information content (AvgIpc) is 3.14. The standard InChI is InChI=1S/C43H43N3S2/c1-5-30(28-48-23-22-44)16-17-35(26-45)42-38(6-2)39(7-3)43(36-18-20-37(29-47-4)46-27-36)41-25-34(19-21-40(41)42)33-15-11-14-32(24-33)31-12-9-8-10-13-31/h6-27,30H,2-3,5,28-29,44-45H2,1,4H3/b17-16-,23-22-,35-26+. The van der Waals surface area contributed by atoms with E-state index in [9.17, 15) is 0 Å². The fourth-order valence-corrected chi connectivity index (χ4v) is 7.36. The molecule has 1 atom stereocenters. The van der Waals surface area contributed by atoms with E-state index in [1.165, 1.54) is 11.1 Å². The molecule has 3 nitrogen and oxygen atoms in total. The molecule has 0 radical (unpaired) electrons. The Morgan fingerprint density at radius 2 is 1.52 bits per heavy atom. The van der Waals surface area contributed by atoms with E-state index in [2.05, 4.69) is 117 Å². The lowest BCUT2D eigenvalue weighted by atomic mass is 9.82. The summed E-state index contributed by atoms with van der Waals surface area (Å²) in [5, 5.41) is 4.14. The first-order valence-electron chi connectivity index (χ1n) is 16.1. The molecule has 0 saturated carbocycles. The molecule has 0 spiro atoms. The lowest BCUT2D eigenvalue weighted by molar-refractivity contribution is 0.711. The lowest BCUT2D eigenvalue weighted by Gasteiger charge is -2.21. The van der Waals surface area contributed by atoms with Crippen LogP contribution in [0.2, 0.25) is 0 Å². The normalized spacial score (nSPS) is 12.6. The molecule has 48 heavy (non-hydrogen) atoms. The highest BCUT2D eigenvalue weighted by atomic mass is 32.2. The highest BCUT2D eigenvalue weighted by Crippen LogP contribution is 2.43. The van der Waals surface area contributed by atoms with Gasteiger partial charge in [-0.25, -0.2) is 0 Å². The van der Waals surface area contributed by atoms with Crippen molar-refractivity contribution in [3.63, 3.8) is 0 Å². The van der Waals surface area contributed by atoms with Crippen LogP contribution >= 0.6 is 23.5 Å². The molecule has 1 aromatic heterocycles. The number of benzene rings is 4. The SMILES string of the molecule is C=Cc1c(C=C)c(-c2ccc(CSC)nc2)c2cc(-c3cccc(-c4ccccc4)c3)ccc2c1C(/C=C\C(CC)CS/C=C\N)=C/N. The van der Waals surface area contributed by atoms with Crippen molar-refractivity contribution in [2.45, 2.75) is 19.1 Å². The Balaban J connectivity index is 1.76. The van der Waals surface area contributed by atoms with Crippen LogP contribution in [0.4, 0.5) is 0 Å². The van der Waals surface area contributed by atoms with Crippen molar-refractivity contribution in [2.75, 3.05) is 12.0 Å². The Kier molecular flexibility index (Phi) is 12.2. The predicted octanol–water partition coefficient (Wildman–Crippen LogP) is 11.4. The Morgan fingerprint density at radius 1 is 0.812 bits per heavy atom. The smallest absolute Gasteiger partial charge is 0.0502 e. The molecule has 5 rings (SSSR count). The highest BCUT2D eigenvalue weighted by Gasteiger charge is 2.20. The third-order valence-electron chi connectivity index (χ3n) is 8.53. The fraction of sp³-hybridized carbons (Fsp3) is 0.140. The number of nitrogens with zero attached hydrogens (tertiary/aromatic N) is 1. The van der Waals surface area contributed by atoms with Gasteiger partial charge in [0.15, 0.2) is 0 Å². The van der Waals surface area contributed by atoms with E-state index in [1.54, 1.807) is 35.9 Å². The number of allylic oxidation sites excluding steroid dienone is 3. The van der Waals surface area contributed by atoms with Crippen molar-refractivity contribution in [1.82, 2.24) is 4.98 Å². The van der Waals surface area contributed by atoms with E-state index in [1.807, 2.05) is 29.8 Å². The van der Waals surface area contributed by atoms with E-state index < -0.39 is 0 Å². The van der Waals surface area contributed by atoms with Crippen molar-refractivity contribution in [3.05, 3.63) is 157 Å². The van der Waals surface area contributed by atoms with Crippen LogP contribution < -0.4 is 11.5 Å². The molecule has 0 amide bonds. The number of rotatable bonds is 14. The van der Waals surface area contributed by atoms with Crippen LogP contribution in [0.25, 0.3) is 61.9 Å². The zero-order valence-corrected chi connectivity index (χ0v) is 29.4. The largest absolute Gasteiger partial charge is 0.404 e. The van der Waals surface area contributed by atoms with Crippen LogP contribution in [0.1, 0.15) is 35.7 Å². The molecule has 0 aliphatic carbocycles. The molecule has 5 heteroatoms. The summed E-state index contributed by atoms with van der Waals surface area (Å²) in [6.07, 6.45) is 16.7. The first-order valence-corrected chi connectivity index (χ1v) is 18.6. The van der Waals surface area contributed by atoms with Gasteiger partial charge in [-0.2, -0.15) is 11.8 Å². The molecule has 0 bridgehead atoms. The van der Waals surface area contributed by atoms with Crippen molar-refractivity contribution in [1.29, 1.82) is 0 Å². The molecule has 1 heterocycles. The van der Waals surface area contributed by atoms with Crippen molar-refractivity contribution >= 4 is 52.0 Å². The van der Waals surface area contributed by atoms with Crippen LogP contribution in [-0.4, -0.2) is 17.0 Å². The number of aromatic nitrogens is 1. The fourth-order valence-electron chi connectivity index (χ4n) is 6.07. The predicted molar refractivity (Wildman–Crippen MR) is 216 cm³/mol. The minimum atomic E-state index is 0.368. The van der Waals surface area contributed by atoms with Crippen LogP contribution in [0.15, 0.2) is 134 Å². The van der Waals surface area contributed by atoms with Gasteiger partial charge < -0.3 is 11.5 Å². The molecule has 0 fully saturated rings. The third-order valence-corrected chi connectivity index (χ3v) is 10.1. The molecule has 0 aliphatic rings. The van der Waals surface area contributed by atoms with E-state index in [4.69, 9.17) is 16.5 Å². The maximum Gasteiger partial charge on any atom is 0.0502 e. The molecular weight excluding hydrogens is 623 g/mol. The van der Waals surface area contributed by atoms with Crippen LogP contribution in [0.5, 0.6) is 0 Å². The monoisotopic (exact) mass is 665 g/mol. The summed E-state index contributed by atoms with van der Waals surface area (Å²) in [5.74, 6) is 2.17. The van der Waals surface area contributed by atoms with Gasteiger partial charge in [0, 0.05) is 35.7 Å². The maximum atomic E-state index is 6.43. The van der Waals surface area contributed by atoms with Crippen molar-refractivity contribution in [2.24, 2.45) is 17.4 Å². The summed E-state index contributed by atoms with van der Waals surface area (Å²) in [4.78, 5) is 4.83. The highest BCUT2D eigenvalue weighted by molar-refractivity contribution is 8.02. The van der Waals surface area contributed by atoms with E-state index in [0.717, 1.165) is 78.9 Å². The summed E-state index contributed by atoms with van der Waals surface area (Å²) < 4.78 is 0. The first kappa shape index (κ1) is 34.6. The van der Waals surface area contributed by atoms with Gasteiger partial charge in [0.25, 0.3) is 0 Å². The zero-order valence-electron chi connectivity index (χ0n) is 27.7.